The maximum atomic E-state index is 13.2. The summed E-state index contributed by atoms with van der Waals surface area (Å²) in [6.45, 7) is 1.69. The van der Waals surface area contributed by atoms with Crippen LogP contribution in [-0.4, -0.2) is 43.8 Å². The van der Waals surface area contributed by atoms with Crippen molar-refractivity contribution in [3.05, 3.63) is 0 Å². The van der Waals surface area contributed by atoms with E-state index in [1.54, 1.807) is 0 Å². The van der Waals surface area contributed by atoms with E-state index in [1.165, 1.54) is 25.7 Å². The Labute approximate surface area is 88.0 Å². The molecule has 1 saturated heterocycles. The van der Waals surface area contributed by atoms with Crippen LogP contribution in [0.3, 0.4) is 0 Å². The Morgan fingerprint density at radius 1 is 1.79 bits per heavy atom. The summed E-state index contributed by atoms with van der Waals surface area (Å²) in [7, 11) is 4.72. The fourth-order valence-corrected chi connectivity index (χ4v) is 2.54. The Morgan fingerprint density at radius 2 is 2.50 bits per heavy atom. The van der Waals surface area contributed by atoms with Crippen molar-refractivity contribution < 1.29 is 18.6 Å². The molecule has 0 bridgehead atoms. The van der Waals surface area contributed by atoms with Gasteiger partial charge in [0.2, 0.25) is 0 Å². The molecule has 76 valence electrons. The van der Waals surface area contributed by atoms with Crippen LogP contribution in [-0.2, 0) is 14.2 Å². The second kappa shape index (κ2) is 5.53. The molecule has 0 aromatic heterocycles. The Morgan fingerprint density at radius 3 is 3.07 bits per heavy atom. The van der Waals surface area contributed by atoms with Gasteiger partial charge in [0, 0.05) is 0 Å². The standard InChI is InChI=1S/C7H11B2FO3S/c1-4(11)13-7-6(10)2-5(14-7)3-12-9-8/h5-8H,2-3H2,1H3/t5-,6-,7?/m0/s1. The monoisotopic (exact) mass is 216 g/mol. The topological polar surface area (TPSA) is 35.5 Å². The first-order valence-electron chi connectivity index (χ1n) is 4.32. The normalized spacial score (nSPS) is 30.8. The Kier molecular flexibility index (Phi) is 4.65. The summed E-state index contributed by atoms with van der Waals surface area (Å²) in [6.07, 6.45) is -0.737. The van der Waals surface area contributed by atoms with E-state index < -0.39 is 17.6 Å². The molecule has 1 unspecified atom stereocenters. The Balaban J connectivity index is 2.34. The summed E-state index contributed by atoms with van der Waals surface area (Å²) in [4.78, 5) is 10.6. The molecule has 14 heavy (non-hydrogen) atoms. The van der Waals surface area contributed by atoms with E-state index in [0.717, 1.165) is 0 Å². The number of thioether (sulfide) groups is 1. The fraction of sp³-hybridized carbons (Fsp3) is 0.857. The molecule has 1 heterocycles. The van der Waals surface area contributed by atoms with E-state index in [9.17, 15) is 9.18 Å². The first kappa shape index (κ1) is 11.8. The van der Waals surface area contributed by atoms with Crippen LogP contribution in [0, 0.1) is 0 Å². The van der Waals surface area contributed by atoms with Crippen LogP contribution in [0.2, 0.25) is 0 Å². The fourth-order valence-electron chi connectivity index (χ4n) is 1.24. The van der Waals surface area contributed by atoms with E-state index in [4.69, 9.17) is 9.39 Å². The van der Waals surface area contributed by atoms with Crippen molar-refractivity contribution >= 4 is 32.1 Å². The number of carbonyl (C=O) groups excluding carboxylic acids is 1. The predicted octanol–water partition coefficient (Wildman–Crippen LogP) is 0.171. The molecule has 0 aromatic carbocycles. The van der Waals surface area contributed by atoms with E-state index in [-0.39, 0.29) is 5.25 Å². The number of hydrogen-bond acceptors (Lipinski definition) is 4. The van der Waals surface area contributed by atoms with Crippen LogP contribution in [0.15, 0.2) is 0 Å². The Bertz CT molecular complexity index is 229. The van der Waals surface area contributed by atoms with Gasteiger partial charge in [-0.3, -0.25) is 0 Å². The summed E-state index contributed by atoms with van der Waals surface area (Å²) in [5, 5.41) is 0.0346. The van der Waals surface area contributed by atoms with Gasteiger partial charge in [0.25, 0.3) is 0 Å². The van der Waals surface area contributed by atoms with Crippen molar-refractivity contribution in [2.24, 2.45) is 0 Å². The first-order chi connectivity index (χ1) is 6.63. The van der Waals surface area contributed by atoms with Gasteiger partial charge in [-0.15, -0.1) is 0 Å². The molecule has 1 aliphatic rings. The van der Waals surface area contributed by atoms with Gasteiger partial charge in [0.15, 0.2) is 0 Å². The van der Waals surface area contributed by atoms with E-state index in [0.29, 0.717) is 13.0 Å². The molecule has 0 aliphatic carbocycles. The third-order valence-corrected chi connectivity index (χ3v) is 3.17. The van der Waals surface area contributed by atoms with Gasteiger partial charge >= 0.3 is 87.5 Å². The zero-order valence-electron chi connectivity index (χ0n) is 7.94. The minimum absolute atomic E-state index is 0.0346. The zero-order valence-corrected chi connectivity index (χ0v) is 8.76. The average Bonchev–Trinajstić information content (AvgIpc) is 2.43. The van der Waals surface area contributed by atoms with E-state index in [2.05, 4.69) is 7.37 Å². The number of rotatable bonds is 4. The van der Waals surface area contributed by atoms with Crippen molar-refractivity contribution in [1.29, 1.82) is 0 Å². The first-order valence-corrected chi connectivity index (χ1v) is 5.27. The summed E-state index contributed by atoms with van der Waals surface area (Å²) in [5.41, 5.74) is -0.675. The SMILES string of the molecule is B=BOC[C@@H]1C[C@H](F)C(OC(C)=O)S1. The van der Waals surface area contributed by atoms with Gasteiger partial charge in [0.1, 0.15) is 0 Å². The maximum absolute atomic E-state index is 13.2. The number of carbonyl (C=O) groups is 1. The third kappa shape index (κ3) is 3.44. The summed E-state index contributed by atoms with van der Waals surface area (Å²) in [5.74, 6) is -0.449. The van der Waals surface area contributed by atoms with Crippen molar-refractivity contribution in [3.8, 4) is 0 Å². The van der Waals surface area contributed by atoms with Crippen molar-refractivity contribution in [1.82, 2.24) is 0 Å². The number of hydrogen-bond donors (Lipinski definition) is 0. The molecule has 3 atom stereocenters. The molecule has 0 radical (unpaired) electrons. The molecule has 1 aliphatic heterocycles. The molecule has 3 nitrogen and oxygen atoms in total. The molecule has 0 aromatic rings. The van der Waals surface area contributed by atoms with Crippen LogP contribution in [0.1, 0.15) is 13.3 Å². The van der Waals surface area contributed by atoms with Gasteiger partial charge < -0.3 is 0 Å². The van der Waals surface area contributed by atoms with Crippen molar-refractivity contribution in [2.75, 3.05) is 6.61 Å². The van der Waals surface area contributed by atoms with Crippen LogP contribution >= 0.6 is 11.8 Å². The molecule has 0 saturated carbocycles. The minimum atomic E-state index is -1.10. The van der Waals surface area contributed by atoms with E-state index in [1.807, 2.05) is 0 Å². The molecule has 0 amide bonds. The molecule has 1 fully saturated rings. The molecule has 0 N–H and O–H groups in total. The summed E-state index contributed by atoms with van der Waals surface area (Å²) >= 11 is 1.30. The second-order valence-corrected chi connectivity index (χ2v) is 4.39. The predicted molar refractivity (Wildman–Crippen MR) is 55.3 cm³/mol. The zero-order chi connectivity index (χ0) is 10.6. The number of esters is 1. The second-order valence-electron chi connectivity index (χ2n) is 2.99. The van der Waals surface area contributed by atoms with Crippen molar-refractivity contribution in [3.63, 3.8) is 0 Å². The van der Waals surface area contributed by atoms with Crippen LogP contribution in [0.5, 0.6) is 0 Å². The molecular weight excluding hydrogens is 205 g/mol. The van der Waals surface area contributed by atoms with Gasteiger partial charge in [-0.25, -0.2) is 0 Å². The third-order valence-electron chi connectivity index (χ3n) is 1.79. The van der Waals surface area contributed by atoms with Crippen LogP contribution in [0.4, 0.5) is 4.39 Å². The molecule has 0 spiro atoms. The number of ether oxygens (including phenoxy) is 1. The van der Waals surface area contributed by atoms with E-state index >= 15 is 0 Å². The average molecular weight is 216 g/mol. The quantitative estimate of drug-likeness (QED) is 0.495. The summed E-state index contributed by atoms with van der Waals surface area (Å²) < 4.78 is 23.0. The van der Waals surface area contributed by atoms with Gasteiger partial charge in [-0.1, -0.05) is 0 Å². The Hall–Kier alpha value is -0.320. The van der Waals surface area contributed by atoms with Gasteiger partial charge in [0.05, 0.1) is 0 Å². The van der Waals surface area contributed by atoms with Gasteiger partial charge in [-0.05, 0) is 0 Å². The van der Waals surface area contributed by atoms with Crippen molar-refractivity contribution in [2.45, 2.75) is 30.2 Å². The van der Waals surface area contributed by atoms with Crippen LogP contribution in [0.25, 0.3) is 0 Å². The van der Waals surface area contributed by atoms with Gasteiger partial charge in [-0.2, -0.15) is 0 Å². The molecule has 7 heteroatoms. The number of alkyl halides is 1. The number of halogens is 1. The van der Waals surface area contributed by atoms with Crippen LogP contribution < -0.4 is 0 Å². The summed E-state index contributed by atoms with van der Waals surface area (Å²) in [6, 6.07) is 0. The molecular formula is C7H11B2FO3S. The molecule has 1 rings (SSSR count).